The third-order valence-corrected chi connectivity index (χ3v) is 3.92. The molecule has 3 rings (SSSR count). The second-order valence-corrected chi connectivity index (χ2v) is 5.34. The molecule has 2 heterocycles. The summed E-state index contributed by atoms with van der Waals surface area (Å²) in [6, 6.07) is 9.50. The van der Waals surface area contributed by atoms with E-state index < -0.39 is 0 Å². The van der Waals surface area contributed by atoms with Crippen LogP contribution in [0.1, 0.15) is 28.9 Å². The van der Waals surface area contributed by atoms with Gasteiger partial charge in [0.05, 0.1) is 18.2 Å². The molecule has 0 bridgehead atoms. The van der Waals surface area contributed by atoms with E-state index in [1.165, 1.54) is 0 Å². The number of amides is 1. The number of aromatic nitrogens is 1. The number of aliphatic hydroxyl groups is 1. The van der Waals surface area contributed by atoms with Crippen LogP contribution in [0, 0.1) is 6.92 Å². The summed E-state index contributed by atoms with van der Waals surface area (Å²) in [6.07, 6.45) is 1.85. The van der Waals surface area contributed by atoms with Crippen LogP contribution in [0.2, 0.25) is 0 Å². The van der Waals surface area contributed by atoms with Crippen molar-refractivity contribution in [3.63, 3.8) is 0 Å². The van der Waals surface area contributed by atoms with Crippen LogP contribution in [0.15, 0.2) is 30.3 Å². The summed E-state index contributed by atoms with van der Waals surface area (Å²) in [5.41, 5.74) is 2.54. The third-order valence-electron chi connectivity index (χ3n) is 3.92. The summed E-state index contributed by atoms with van der Waals surface area (Å²) in [4.78, 5) is 18.7. The first kappa shape index (κ1) is 13.1. The Morgan fingerprint density at radius 2 is 2.25 bits per heavy atom. The minimum atomic E-state index is -0.0330. The van der Waals surface area contributed by atoms with Crippen LogP contribution in [0.3, 0.4) is 0 Å². The van der Waals surface area contributed by atoms with Crippen molar-refractivity contribution in [2.45, 2.75) is 25.8 Å². The number of likely N-dealkylation sites (tertiary alicyclic amines) is 1. The van der Waals surface area contributed by atoms with Crippen molar-refractivity contribution in [1.29, 1.82) is 0 Å². The number of benzene rings is 1. The predicted octanol–water partition coefficient (Wildman–Crippen LogP) is 2.14. The summed E-state index contributed by atoms with van der Waals surface area (Å²) < 4.78 is 0. The van der Waals surface area contributed by atoms with E-state index in [0.29, 0.717) is 5.56 Å². The number of rotatable bonds is 2. The highest BCUT2D eigenvalue weighted by atomic mass is 16.3. The van der Waals surface area contributed by atoms with Gasteiger partial charge in [0.2, 0.25) is 0 Å². The lowest BCUT2D eigenvalue weighted by molar-refractivity contribution is 0.0678. The summed E-state index contributed by atoms with van der Waals surface area (Å²) >= 11 is 0. The topological polar surface area (TPSA) is 53.4 Å². The fourth-order valence-electron chi connectivity index (χ4n) is 2.82. The Kier molecular flexibility index (Phi) is 3.40. The molecule has 1 amide bonds. The van der Waals surface area contributed by atoms with Crippen LogP contribution in [0.4, 0.5) is 0 Å². The normalized spacial score (nSPS) is 18.7. The molecule has 1 aliphatic heterocycles. The Labute approximate surface area is 118 Å². The number of fused-ring (bicyclic) bond motifs is 1. The molecule has 1 aliphatic rings. The number of aliphatic hydroxyl groups excluding tert-OH is 1. The molecule has 104 valence electrons. The number of carbonyl (C=O) groups is 1. The lowest BCUT2D eigenvalue weighted by Crippen LogP contribution is -2.37. The number of nitrogens with zero attached hydrogens (tertiary/aromatic N) is 2. The zero-order chi connectivity index (χ0) is 14.1. The number of hydrogen-bond acceptors (Lipinski definition) is 3. The highest BCUT2D eigenvalue weighted by Crippen LogP contribution is 2.22. The molecular formula is C16H18N2O2. The van der Waals surface area contributed by atoms with Crippen LogP contribution < -0.4 is 0 Å². The molecule has 1 aromatic heterocycles. The molecule has 1 atom stereocenters. The Balaban J connectivity index is 1.93. The first-order chi connectivity index (χ1) is 9.69. The van der Waals surface area contributed by atoms with Gasteiger partial charge in [-0.2, -0.15) is 0 Å². The van der Waals surface area contributed by atoms with E-state index in [4.69, 9.17) is 0 Å². The van der Waals surface area contributed by atoms with Crippen LogP contribution in [-0.2, 0) is 0 Å². The Morgan fingerprint density at radius 1 is 1.40 bits per heavy atom. The van der Waals surface area contributed by atoms with E-state index in [2.05, 4.69) is 4.98 Å². The van der Waals surface area contributed by atoms with Crippen LogP contribution in [0.5, 0.6) is 0 Å². The van der Waals surface area contributed by atoms with Crippen molar-refractivity contribution < 1.29 is 9.90 Å². The molecule has 20 heavy (non-hydrogen) atoms. The monoisotopic (exact) mass is 270 g/mol. The maximum atomic E-state index is 12.5. The van der Waals surface area contributed by atoms with Gasteiger partial charge in [-0.15, -0.1) is 0 Å². The molecule has 4 heteroatoms. The lowest BCUT2D eigenvalue weighted by Gasteiger charge is -2.23. The van der Waals surface area contributed by atoms with E-state index in [9.17, 15) is 9.90 Å². The van der Waals surface area contributed by atoms with Crippen molar-refractivity contribution in [3.8, 4) is 0 Å². The van der Waals surface area contributed by atoms with Gasteiger partial charge in [0, 0.05) is 23.2 Å². The SMILES string of the molecule is Cc1ccc2cc(C(=O)N3CCC[C@@H]3CO)ccc2n1. The zero-order valence-electron chi connectivity index (χ0n) is 11.5. The van der Waals surface area contributed by atoms with Crippen LogP contribution in [-0.4, -0.2) is 40.1 Å². The molecule has 0 aliphatic carbocycles. The smallest absolute Gasteiger partial charge is 0.254 e. The van der Waals surface area contributed by atoms with E-state index in [1.54, 1.807) is 4.90 Å². The van der Waals surface area contributed by atoms with Crippen molar-refractivity contribution in [3.05, 3.63) is 41.6 Å². The molecular weight excluding hydrogens is 252 g/mol. The van der Waals surface area contributed by atoms with Gasteiger partial charge in [-0.25, -0.2) is 0 Å². The van der Waals surface area contributed by atoms with Gasteiger partial charge in [0.15, 0.2) is 0 Å². The maximum absolute atomic E-state index is 12.5. The number of hydrogen-bond donors (Lipinski definition) is 1. The molecule has 1 saturated heterocycles. The van der Waals surface area contributed by atoms with Crippen molar-refractivity contribution >= 4 is 16.8 Å². The van der Waals surface area contributed by atoms with Gasteiger partial charge in [0.1, 0.15) is 0 Å². The van der Waals surface area contributed by atoms with Gasteiger partial charge >= 0.3 is 0 Å². The van der Waals surface area contributed by atoms with Gasteiger partial charge in [0.25, 0.3) is 5.91 Å². The molecule has 1 N–H and O–H groups in total. The van der Waals surface area contributed by atoms with Gasteiger partial charge < -0.3 is 10.0 Å². The number of aryl methyl sites for hydroxylation is 1. The average molecular weight is 270 g/mol. The molecule has 0 unspecified atom stereocenters. The first-order valence-corrected chi connectivity index (χ1v) is 6.98. The largest absolute Gasteiger partial charge is 0.394 e. The van der Waals surface area contributed by atoms with Crippen LogP contribution >= 0.6 is 0 Å². The minimum Gasteiger partial charge on any atom is -0.394 e. The third kappa shape index (κ3) is 2.27. The average Bonchev–Trinajstić information content (AvgIpc) is 2.94. The Bertz CT molecular complexity index is 654. The zero-order valence-corrected chi connectivity index (χ0v) is 11.5. The molecule has 1 aromatic carbocycles. The quantitative estimate of drug-likeness (QED) is 0.909. The van der Waals surface area contributed by atoms with E-state index in [0.717, 1.165) is 36.0 Å². The highest BCUT2D eigenvalue weighted by Gasteiger charge is 2.28. The Hall–Kier alpha value is -1.94. The summed E-state index contributed by atoms with van der Waals surface area (Å²) in [7, 11) is 0. The van der Waals surface area contributed by atoms with E-state index in [-0.39, 0.29) is 18.6 Å². The minimum absolute atomic E-state index is 0.00373. The van der Waals surface area contributed by atoms with Crippen molar-refractivity contribution in [2.24, 2.45) is 0 Å². The number of pyridine rings is 1. The van der Waals surface area contributed by atoms with Gasteiger partial charge in [-0.1, -0.05) is 6.07 Å². The predicted molar refractivity (Wildman–Crippen MR) is 77.6 cm³/mol. The second-order valence-electron chi connectivity index (χ2n) is 5.34. The summed E-state index contributed by atoms with van der Waals surface area (Å²) in [6.45, 7) is 2.73. The molecule has 0 radical (unpaired) electrons. The number of carbonyl (C=O) groups excluding carboxylic acids is 1. The van der Waals surface area contributed by atoms with E-state index >= 15 is 0 Å². The van der Waals surface area contributed by atoms with Crippen LogP contribution in [0.25, 0.3) is 10.9 Å². The lowest BCUT2D eigenvalue weighted by atomic mass is 10.1. The van der Waals surface area contributed by atoms with Gasteiger partial charge in [-0.3, -0.25) is 9.78 Å². The Morgan fingerprint density at radius 3 is 3.05 bits per heavy atom. The second kappa shape index (κ2) is 5.21. The molecule has 2 aromatic rings. The van der Waals surface area contributed by atoms with Crippen molar-refractivity contribution in [2.75, 3.05) is 13.2 Å². The molecule has 0 spiro atoms. The highest BCUT2D eigenvalue weighted by molar-refractivity contribution is 5.98. The standard InChI is InChI=1S/C16H18N2O2/c1-11-4-5-12-9-13(6-7-15(12)17-11)16(20)18-8-2-3-14(18)10-19/h4-7,9,14,19H,2-3,8,10H2,1H3/t14-/m1/s1. The maximum Gasteiger partial charge on any atom is 0.254 e. The molecule has 1 fully saturated rings. The summed E-state index contributed by atoms with van der Waals surface area (Å²) in [5, 5.41) is 10.3. The van der Waals surface area contributed by atoms with E-state index in [1.807, 2.05) is 37.3 Å². The first-order valence-electron chi connectivity index (χ1n) is 6.98. The molecule has 0 saturated carbocycles. The summed E-state index contributed by atoms with van der Waals surface area (Å²) in [5.74, 6) is 0.00373. The van der Waals surface area contributed by atoms with Crippen molar-refractivity contribution in [1.82, 2.24) is 9.88 Å². The fraction of sp³-hybridized carbons (Fsp3) is 0.375. The van der Waals surface area contributed by atoms with Gasteiger partial charge in [-0.05, 0) is 44.0 Å². The molecule has 4 nitrogen and oxygen atoms in total. The fourth-order valence-corrected chi connectivity index (χ4v) is 2.82.